The standard InChI is InChI=1S/C15H24O5/c1-8(16)19-13-12(18)9-6-11(20-14(2,3)4)15(13,5)7-10(9)17/h9-11,13,17H,6-7H2,1-5H3/t9-,10+,11+,13-,15-/m1/s1. The first-order valence-corrected chi connectivity index (χ1v) is 7.11. The smallest absolute Gasteiger partial charge is 0.303 e. The fraction of sp³-hybridized carbons (Fsp3) is 0.867. The highest BCUT2D eigenvalue weighted by atomic mass is 16.6. The third-order valence-electron chi connectivity index (χ3n) is 4.32. The number of hydrogen-bond donors (Lipinski definition) is 1. The molecule has 0 heterocycles. The minimum atomic E-state index is -0.811. The fourth-order valence-corrected chi connectivity index (χ4v) is 3.45. The second-order valence-corrected chi connectivity index (χ2v) is 7.23. The number of esters is 1. The molecule has 0 aromatic rings. The summed E-state index contributed by atoms with van der Waals surface area (Å²) in [4.78, 5) is 23.6. The Bertz CT molecular complexity index is 424. The average Bonchev–Trinajstić information content (AvgIpc) is 2.24. The van der Waals surface area contributed by atoms with Crippen LogP contribution in [0.4, 0.5) is 0 Å². The summed E-state index contributed by atoms with van der Waals surface area (Å²) in [5.74, 6) is -1.13. The van der Waals surface area contributed by atoms with Crippen LogP contribution in [0.3, 0.4) is 0 Å². The Hall–Kier alpha value is -0.940. The summed E-state index contributed by atoms with van der Waals surface area (Å²) in [6, 6.07) is 0. The zero-order valence-electron chi connectivity index (χ0n) is 12.8. The number of ketones is 1. The van der Waals surface area contributed by atoms with E-state index in [1.165, 1.54) is 6.92 Å². The van der Waals surface area contributed by atoms with Gasteiger partial charge in [0.05, 0.1) is 23.7 Å². The summed E-state index contributed by atoms with van der Waals surface area (Å²) in [5.41, 5.74) is -1.01. The molecule has 0 aromatic carbocycles. The summed E-state index contributed by atoms with van der Waals surface area (Å²) in [6.07, 6.45) is -0.764. The van der Waals surface area contributed by atoms with Gasteiger partial charge < -0.3 is 14.6 Å². The van der Waals surface area contributed by atoms with Crippen molar-refractivity contribution in [1.82, 2.24) is 0 Å². The van der Waals surface area contributed by atoms with E-state index in [4.69, 9.17) is 9.47 Å². The number of Topliss-reactive ketones (excluding diaryl/α,β-unsaturated/α-hetero) is 1. The lowest BCUT2D eigenvalue weighted by Gasteiger charge is -2.55. The van der Waals surface area contributed by atoms with E-state index in [-0.39, 0.29) is 17.5 Å². The number of carbonyl (C=O) groups excluding carboxylic acids is 2. The lowest BCUT2D eigenvalue weighted by molar-refractivity contribution is -0.226. The molecule has 20 heavy (non-hydrogen) atoms. The quantitative estimate of drug-likeness (QED) is 0.777. The van der Waals surface area contributed by atoms with Crippen molar-refractivity contribution in [3.8, 4) is 0 Å². The number of aliphatic hydroxyl groups excluding tert-OH is 1. The first kappa shape index (κ1) is 15.4. The zero-order chi connectivity index (χ0) is 15.3. The highest BCUT2D eigenvalue weighted by Gasteiger charge is 2.62. The van der Waals surface area contributed by atoms with Crippen molar-refractivity contribution in [3.63, 3.8) is 0 Å². The fourth-order valence-electron chi connectivity index (χ4n) is 3.45. The van der Waals surface area contributed by atoms with Crippen LogP contribution in [-0.4, -0.2) is 40.8 Å². The Labute approximate surface area is 119 Å². The number of aliphatic hydroxyl groups is 1. The van der Waals surface area contributed by atoms with Gasteiger partial charge in [0, 0.05) is 12.3 Å². The molecule has 1 N–H and O–H groups in total. The summed E-state index contributed by atoms with van der Waals surface area (Å²) < 4.78 is 11.3. The predicted octanol–water partition coefficient (Wildman–Crippen LogP) is 1.46. The Kier molecular flexibility index (Phi) is 3.71. The first-order chi connectivity index (χ1) is 9.04. The molecule has 0 aromatic heterocycles. The predicted molar refractivity (Wildman–Crippen MR) is 72.0 cm³/mol. The van der Waals surface area contributed by atoms with Crippen molar-refractivity contribution in [2.24, 2.45) is 11.3 Å². The lowest BCUT2D eigenvalue weighted by atomic mass is 9.56. The Morgan fingerprint density at radius 1 is 1.40 bits per heavy atom. The zero-order valence-corrected chi connectivity index (χ0v) is 12.8. The largest absolute Gasteiger partial charge is 0.454 e. The molecule has 3 fully saturated rings. The van der Waals surface area contributed by atoms with Crippen molar-refractivity contribution in [2.75, 3.05) is 0 Å². The van der Waals surface area contributed by atoms with Crippen LogP contribution in [0, 0.1) is 11.3 Å². The molecular weight excluding hydrogens is 260 g/mol. The summed E-state index contributed by atoms with van der Waals surface area (Å²) in [6.45, 7) is 9.04. The van der Waals surface area contributed by atoms with Crippen LogP contribution >= 0.6 is 0 Å². The van der Waals surface area contributed by atoms with Crippen LogP contribution in [0.15, 0.2) is 0 Å². The highest BCUT2D eigenvalue weighted by Crippen LogP contribution is 2.51. The molecule has 3 aliphatic rings. The monoisotopic (exact) mass is 284 g/mol. The minimum absolute atomic E-state index is 0.171. The highest BCUT2D eigenvalue weighted by molar-refractivity contribution is 5.90. The molecule has 3 rings (SSSR count). The molecule has 3 aliphatic carbocycles. The maximum Gasteiger partial charge on any atom is 0.303 e. The van der Waals surface area contributed by atoms with Crippen molar-refractivity contribution in [2.45, 2.75) is 71.4 Å². The van der Waals surface area contributed by atoms with E-state index in [2.05, 4.69) is 0 Å². The van der Waals surface area contributed by atoms with Crippen molar-refractivity contribution in [1.29, 1.82) is 0 Å². The SMILES string of the molecule is CC(=O)O[C@@H]1C(=O)[C@@H]2C[C@H](OC(C)(C)C)[C@@]1(C)C[C@@H]2O. The average molecular weight is 284 g/mol. The summed E-state index contributed by atoms with van der Waals surface area (Å²) >= 11 is 0. The molecule has 0 saturated heterocycles. The van der Waals surface area contributed by atoms with Gasteiger partial charge in [0.2, 0.25) is 0 Å². The number of fused-ring (bicyclic) bond motifs is 3. The van der Waals surface area contributed by atoms with Gasteiger partial charge in [0.1, 0.15) is 0 Å². The van der Waals surface area contributed by atoms with Gasteiger partial charge in [0.15, 0.2) is 11.9 Å². The van der Waals surface area contributed by atoms with Crippen LogP contribution in [0.1, 0.15) is 47.5 Å². The molecule has 3 saturated carbocycles. The molecule has 5 heteroatoms. The maximum atomic E-state index is 12.4. The molecule has 114 valence electrons. The third kappa shape index (κ3) is 2.61. The molecule has 5 atom stereocenters. The van der Waals surface area contributed by atoms with E-state index in [0.29, 0.717) is 12.8 Å². The molecule has 0 radical (unpaired) electrons. The number of ether oxygens (including phenoxy) is 2. The number of hydrogen-bond acceptors (Lipinski definition) is 5. The van der Waals surface area contributed by atoms with Gasteiger partial charge in [-0.25, -0.2) is 0 Å². The van der Waals surface area contributed by atoms with E-state index < -0.39 is 29.5 Å². The van der Waals surface area contributed by atoms with Crippen LogP contribution in [-0.2, 0) is 19.1 Å². The van der Waals surface area contributed by atoms with E-state index in [0.717, 1.165) is 0 Å². The molecule has 0 unspecified atom stereocenters. The Morgan fingerprint density at radius 2 is 2.00 bits per heavy atom. The van der Waals surface area contributed by atoms with Crippen molar-refractivity contribution < 1.29 is 24.2 Å². The molecular formula is C15H24O5. The van der Waals surface area contributed by atoms with Crippen molar-refractivity contribution >= 4 is 11.8 Å². The van der Waals surface area contributed by atoms with Crippen LogP contribution in [0.25, 0.3) is 0 Å². The molecule has 0 aliphatic heterocycles. The molecule has 5 nitrogen and oxygen atoms in total. The Morgan fingerprint density at radius 3 is 2.50 bits per heavy atom. The molecule has 2 bridgehead atoms. The molecule has 0 spiro atoms. The van der Waals surface area contributed by atoms with E-state index in [1.807, 2.05) is 27.7 Å². The second kappa shape index (κ2) is 4.81. The van der Waals surface area contributed by atoms with Gasteiger partial charge in [0.25, 0.3) is 0 Å². The van der Waals surface area contributed by atoms with E-state index in [1.54, 1.807) is 0 Å². The summed E-state index contributed by atoms with van der Waals surface area (Å²) in [7, 11) is 0. The van der Waals surface area contributed by atoms with Crippen LogP contribution in [0.2, 0.25) is 0 Å². The van der Waals surface area contributed by atoms with Gasteiger partial charge in [-0.15, -0.1) is 0 Å². The number of carbonyl (C=O) groups is 2. The van der Waals surface area contributed by atoms with Crippen LogP contribution in [0.5, 0.6) is 0 Å². The first-order valence-electron chi connectivity index (χ1n) is 7.11. The van der Waals surface area contributed by atoms with E-state index >= 15 is 0 Å². The van der Waals surface area contributed by atoms with Crippen molar-refractivity contribution in [3.05, 3.63) is 0 Å². The molecule has 0 amide bonds. The van der Waals surface area contributed by atoms with Crippen LogP contribution < -0.4 is 0 Å². The van der Waals surface area contributed by atoms with E-state index in [9.17, 15) is 14.7 Å². The normalized spacial score (nSPS) is 40.8. The second-order valence-electron chi connectivity index (χ2n) is 7.23. The van der Waals surface area contributed by atoms with Gasteiger partial charge >= 0.3 is 5.97 Å². The topological polar surface area (TPSA) is 72.8 Å². The third-order valence-corrected chi connectivity index (χ3v) is 4.32. The van der Waals surface area contributed by atoms with Gasteiger partial charge in [-0.1, -0.05) is 6.92 Å². The Balaban J connectivity index is 2.31. The van der Waals surface area contributed by atoms with Gasteiger partial charge in [-0.2, -0.15) is 0 Å². The number of rotatable bonds is 2. The van der Waals surface area contributed by atoms with Gasteiger partial charge in [-0.05, 0) is 33.6 Å². The maximum absolute atomic E-state index is 12.4. The van der Waals surface area contributed by atoms with Gasteiger partial charge in [-0.3, -0.25) is 9.59 Å². The summed E-state index contributed by atoms with van der Waals surface area (Å²) in [5, 5.41) is 10.1. The lowest BCUT2D eigenvalue weighted by Crippen LogP contribution is -2.65. The minimum Gasteiger partial charge on any atom is -0.454 e.